The average Bonchev–Trinajstić information content (AvgIpc) is 2.41. The molecule has 0 spiro atoms. The molecule has 3 rings (SSSR count). The molecule has 2 N–H and O–H groups in total. The Morgan fingerprint density at radius 1 is 1.17 bits per heavy atom. The molecule has 0 saturated carbocycles. The summed E-state index contributed by atoms with van der Waals surface area (Å²) in [7, 11) is 0. The van der Waals surface area contributed by atoms with Gasteiger partial charge in [0, 0.05) is 11.1 Å². The van der Waals surface area contributed by atoms with Crippen LogP contribution >= 0.6 is 0 Å². The Kier molecular flexibility index (Phi) is 4.30. The summed E-state index contributed by atoms with van der Waals surface area (Å²) in [5, 5.41) is 0.838. The second-order valence-electron chi connectivity index (χ2n) is 7.15. The van der Waals surface area contributed by atoms with Gasteiger partial charge in [0.1, 0.15) is 31.8 Å². The highest BCUT2D eigenvalue weighted by Crippen LogP contribution is 2.17. The molecule has 1 aromatic carbocycles. The number of ether oxygens (including phenoxy) is 1. The van der Waals surface area contributed by atoms with Gasteiger partial charge >= 0.3 is 0 Å². The fourth-order valence-electron chi connectivity index (χ4n) is 3.96. The number of aryl methyl sites for hydroxylation is 3. The first-order valence-corrected chi connectivity index (χ1v) is 8.47. The van der Waals surface area contributed by atoms with Crippen molar-refractivity contribution in [3.63, 3.8) is 0 Å². The molecule has 3 atom stereocenters. The van der Waals surface area contributed by atoms with Gasteiger partial charge in [0.15, 0.2) is 5.43 Å². The Hall–Kier alpha value is -1.65. The molecule has 1 aliphatic heterocycles. The van der Waals surface area contributed by atoms with Crippen molar-refractivity contribution >= 4 is 10.9 Å². The monoisotopic (exact) mass is 315 g/mol. The Bertz CT molecular complexity index is 784. The fourth-order valence-corrected chi connectivity index (χ4v) is 3.96. The molecule has 23 heavy (non-hydrogen) atoms. The smallest absolute Gasteiger partial charge is 0.198 e. The van der Waals surface area contributed by atoms with E-state index >= 15 is 0 Å². The number of benzene rings is 1. The predicted molar refractivity (Wildman–Crippen MR) is 93.2 cm³/mol. The average molecular weight is 315 g/mol. The highest BCUT2D eigenvalue weighted by molar-refractivity contribution is 5.83. The summed E-state index contributed by atoms with van der Waals surface area (Å²) in [4.78, 5) is 17.9. The highest BCUT2D eigenvalue weighted by atomic mass is 16.5. The van der Waals surface area contributed by atoms with Crippen LogP contribution in [0.5, 0.6) is 0 Å². The van der Waals surface area contributed by atoms with E-state index in [0.717, 1.165) is 47.4 Å². The topological polar surface area (TPSA) is 46.5 Å². The quantitative estimate of drug-likeness (QED) is 0.885. The summed E-state index contributed by atoms with van der Waals surface area (Å²) >= 11 is 0. The van der Waals surface area contributed by atoms with Crippen molar-refractivity contribution in [1.29, 1.82) is 0 Å². The first kappa shape index (κ1) is 16.2. The van der Waals surface area contributed by atoms with Crippen LogP contribution < -0.4 is 10.3 Å². The SMILES string of the molecule is Cc1cc(C)c2c(=O)c(C[NH+]3C[C@@H](C)O[C@@H](C)C3)c(C)[nH]c2c1. The number of nitrogens with one attached hydrogen (secondary N) is 2. The molecule has 1 aromatic heterocycles. The molecule has 2 heterocycles. The van der Waals surface area contributed by atoms with Crippen LogP contribution in [0.15, 0.2) is 16.9 Å². The Morgan fingerprint density at radius 2 is 1.83 bits per heavy atom. The maximum Gasteiger partial charge on any atom is 0.198 e. The number of H-pyrrole nitrogens is 1. The van der Waals surface area contributed by atoms with E-state index in [2.05, 4.69) is 37.9 Å². The Balaban J connectivity index is 2.03. The minimum atomic E-state index is 0.188. The van der Waals surface area contributed by atoms with E-state index in [1.807, 2.05) is 13.8 Å². The molecule has 1 saturated heterocycles. The fraction of sp³-hybridized carbons (Fsp3) is 0.526. The lowest BCUT2D eigenvalue weighted by Crippen LogP contribution is -3.14. The van der Waals surface area contributed by atoms with Crippen molar-refractivity contribution in [2.24, 2.45) is 0 Å². The molecule has 2 aromatic rings. The maximum atomic E-state index is 13.1. The molecular weight excluding hydrogens is 288 g/mol. The van der Waals surface area contributed by atoms with Crippen LogP contribution in [0.4, 0.5) is 0 Å². The number of pyridine rings is 1. The van der Waals surface area contributed by atoms with Crippen LogP contribution in [0.25, 0.3) is 10.9 Å². The molecule has 1 unspecified atom stereocenters. The van der Waals surface area contributed by atoms with Crippen LogP contribution in [0.2, 0.25) is 0 Å². The molecule has 0 bridgehead atoms. The van der Waals surface area contributed by atoms with Crippen molar-refractivity contribution in [2.45, 2.75) is 53.4 Å². The first-order valence-electron chi connectivity index (χ1n) is 8.47. The largest absolute Gasteiger partial charge is 0.364 e. The molecule has 1 aliphatic rings. The van der Waals surface area contributed by atoms with Gasteiger partial charge in [0.2, 0.25) is 0 Å². The molecule has 1 fully saturated rings. The number of morpholine rings is 1. The summed E-state index contributed by atoms with van der Waals surface area (Å²) in [6.07, 6.45) is 0.496. The first-order chi connectivity index (χ1) is 10.8. The molecule has 0 aliphatic carbocycles. The minimum Gasteiger partial charge on any atom is -0.364 e. The van der Waals surface area contributed by atoms with Crippen LogP contribution in [0.3, 0.4) is 0 Å². The van der Waals surface area contributed by atoms with Crippen molar-refractivity contribution in [3.05, 3.63) is 44.7 Å². The molecule has 4 heteroatoms. The molecule has 0 radical (unpaired) electrons. The highest BCUT2D eigenvalue weighted by Gasteiger charge is 2.27. The van der Waals surface area contributed by atoms with E-state index in [0.29, 0.717) is 0 Å². The Labute approximate surface area is 137 Å². The van der Waals surface area contributed by atoms with Crippen LogP contribution in [-0.2, 0) is 11.3 Å². The number of hydrogen-bond donors (Lipinski definition) is 2. The second-order valence-corrected chi connectivity index (χ2v) is 7.15. The molecule has 0 amide bonds. The predicted octanol–water partition coefficient (Wildman–Crippen LogP) is 1.65. The van der Waals surface area contributed by atoms with E-state index in [1.165, 1.54) is 10.5 Å². The third-order valence-corrected chi connectivity index (χ3v) is 4.80. The maximum absolute atomic E-state index is 13.1. The lowest BCUT2D eigenvalue weighted by atomic mass is 10.0. The van der Waals surface area contributed by atoms with E-state index in [-0.39, 0.29) is 17.6 Å². The van der Waals surface area contributed by atoms with Gasteiger partial charge in [-0.2, -0.15) is 0 Å². The third kappa shape index (κ3) is 3.19. The summed E-state index contributed by atoms with van der Waals surface area (Å²) in [5.74, 6) is 0. The van der Waals surface area contributed by atoms with E-state index in [9.17, 15) is 4.79 Å². The number of rotatable bonds is 2. The number of fused-ring (bicyclic) bond motifs is 1. The van der Waals surface area contributed by atoms with Crippen molar-refractivity contribution in [3.8, 4) is 0 Å². The lowest BCUT2D eigenvalue weighted by Gasteiger charge is -2.32. The van der Waals surface area contributed by atoms with Crippen molar-refractivity contribution in [2.75, 3.05) is 13.1 Å². The van der Waals surface area contributed by atoms with Gasteiger partial charge in [-0.15, -0.1) is 0 Å². The molecule has 4 nitrogen and oxygen atoms in total. The van der Waals surface area contributed by atoms with Crippen LogP contribution in [0.1, 0.15) is 36.2 Å². The summed E-state index contributed by atoms with van der Waals surface area (Å²) in [6, 6.07) is 4.15. The zero-order valence-electron chi connectivity index (χ0n) is 14.7. The van der Waals surface area contributed by atoms with E-state index in [1.54, 1.807) is 0 Å². The Morgan fingerprint density at radius 3 is 2.48 bits per heavy atom. The van der Waals surface area contributed by atoms with Gasteiger partial charge in [-0.25, -0.2) is 0 Å². The zero-order chi connectivity index (χ0) is 16.7. The third-order valence-electron chi connectivity index (χ3n) is 4.80. The normalized spacial score (nSPS) is 25.0. The second kappa shape index (κ2) is 6.10. The minimum absolute atomic E-state index is 0.188. The van der Waals surface area contributed by atoms with Gasteiger partial charge in [-0.05, 0) is 51.8 Å². The van der Waals surface area contributed by atoms with E-state index in [4.69, 9.17) is 4.74 Å². The summed E-state index contributed by atoms with van der Waals surface area (Å²) in [5.41, 5.74) is 5.29. The summed E-state index contributed by atoms with van der Waals surface area (Å²) in [6.45, 7) is 13.0. The van der Waals surface area contributed by atoms with Gasteiger partial charge < -0.3 is 14.6 Å². The van der Waals surface area contributed by atoms with Crippen molar-refractivity contribution in [1.82, 2.24) is 4.98 Å². The zero-order valence-corrected chi connectivity index (χ0v) is 14.7. The van der Waals surface area contributed by atoms with Gasteiger partial charge in [-0.3, -0.25) is 4.79 Å². The van der Waals surface area contributed by atoms with Gasteiger partial charge in [-0.1, -0.05) is 6.07 Å². The summed E-state index contributed by atoms with van der Waals surface area (Å²) < 4.78 is 5.81. The van der Waals surface area contributed by atoms with Gasteiger partial charge in [0.25, 0.3) is 0 Å². The number of hydrogen-bond acceptors (Lipinski definition) is 2. The lowest BCUT2D eigenvalue weighted by molar-refractivity contribution is -0.928. The van der Waals surface area contributed by atoms with Crippen LogP contribution in [-0.4, -0.2) is 30.3 Å². The van der Waals surface area contributed by atoms with E-state index < -0.39 is 0 Å². The number of aromatic nitrogens is 1. The van der Waals surface area contributed by atoms with Crippen LogP contribution in [0, 0.1) is 20.8 Å². The molecule has 124 valence electrons. The van der Waals surface area contributed by atoms with Gasteiger partial charge in [0.05, 0.1) is 11.1 Å². The van der Waals surface area contributed by atoms with Crippen molar-refractivity contribution < 1.29 is 9.64 Å². The standard InChI is InChI=1S/C19H26N2O2/c1-11-6-12(2)18-17(7-11)20-15(5)16(19(18)22)10-21-8-13(3)23-14(4)9-21/h6-7,13-14H,8-10H2,1-5H3,(H,20,22)/p+1/t13-,14+. The molecular formula is C19H27N2O2+. The number of aromatic amines is 1. The number of quaternary nitrogens is 1.